The van der Waals surface area contributed by atoms with Crippen molar-refractivity contribution < 1.29 is 4.79 Å². The van der Waals surface area contributed by atoms with Crippen LogP contribution in [0.25, 0.3) is 0 Å². The third-order valence-electron chi connectivity index (χ3n) is 4.18. The van der Waals surface area contributed by atoms with Gasteiger partial charge in [-0.2, -0.15) is 5.10 Å². The summed E-state index contributed by atoms with van der Waals surface area (Å²) in [6, 6.07) is 9.49. The third kappa shape index (κ3) is 4.50. The molecule has 2 atom stereocenters. The molecule has 1 aromatic heterocycles. The van der Waals surface area contributed by atoms with E-state index in [1.165, 1.54) is 0 Å². The van der Waals surface area contributed by atoms with Crippen LogP contribution in [0.15, 0.2) is 36.5 Å². The Kier molecular flexibility index (Phi) is 6.66. The van der Waals surface area contributed by atoms with Crippen LogP contribution < -0.4 is 10.6 Å². The summed E-state index contributed by atoms with van der Waals surface area (Å²) >= 11 is 6.00. The molecule has 1 saturated heterocycles. The third-order valence-corrected chi connectivity index (χ3v) is 4.42. The van der Waals surface area contributed by atoms with Gasteiger partial charge in [0.05, 0.1) is 12.1 Å². The second-order valence-corrected chi connectivity index (χ2v) is 6.37. The van der Waals surface area contributed by atoms with E-state index in [1.54, 1.807) is 6.07 Å². The zero-order valence-corrected chi connectivity index (χ0v) is 15.1. The van der Waals surface area contributed by atoms with Crippen molar-refractivity contribution in [3.63, 3.8) is 0 Å². The Hall–Kier alpha value is -1.56. The van der Waals surface area contributed by atoms with Crippen molar-refractivity contribution in [2.24, 2.45) is 0 Å². The highest BCUT2D eigenvalue weighted by atomic mass is 35.5. The van der Waals surface area contributed by atoms with E-state index in [-0.39, 0.29) is 24.4 Å². The quantitative estimate of drug-likeness (QED) is 0.869. The molecule has 1 amide bonds. The topological polar surface area (TPSA) is 59.0 Å². The lowest BCUT2D eigenvalue weighted by atomic mass is 10.1. The van der Waals surface area contributed by atoms with E-state index in [2.05, 4.69) is 15.7 Å². The molecule has 1 aliphatic rings. The first-order valence-electron chi connectivity index (χ1n) is 7.95. The Morgan fingerprint density at radius 3 is 3.00 bits per heavy atom. The Labute approximate surface area is 153 Å². The van der Waals surface area contributed by atoms with E-state index in [0.717, 1.165) is 31.5 Å². The molecule has 130 valence electrons. The highest BCUT2D eigenvalue weighted by Gasteiger charge is 2.18. The van der Waals surface area contributed by atoms with Gasteiger partial charge in [-0.15, -0.1) is 12.4 Å². The van der Waals surface area contributed by atoms with E-state index in [4.69, 9.17) is 11.6 Å². The lowest BCUT2D eigenvalue weighted by Gasteiger charge is -2.22. The van der Waals surface area contributed by atoms with Gasteiger partial charge in [-0.25, -0.2) is 0 Å². The highest BCUT2D eigenvalue weighted by Crippen LogP contribution is 2.18. The molecule has 1 aliphatic heterocycles. The van der Waals surface area contributed by atoms with Gasteiger partial charge in [-0.3, -0.25) is 9.48 Å². The maximum atomic E-state index is 12.4. The summed E-state index contributed by atoms with van der Waals surface area (Å²) in [6.45, 7) is 3.90. The zero-order valence-electron chi connectivity index (χ0n) is 13.5. The van der Waals surface area contributed by atoms with Gasteiger partial charge in [0.15, 0.2) is 0 Å². The van der Waals surface area contributed by atoms with E-state index in [1.807, 2.05) is 42.1 Å². The number of carbonyl (C=O) groups is 1. The fourth-order valence-corrected chi connectivity index (χ4v) is 3.05. The molecule has 0 saturated carbocycles. The maximum Gasteiger partial charge on any atom is 0.272 e. The van der Waals surface area contributed by atoms with Crippen LogP contribution in [-0.4, -0.2) is 28.8 Å². The number of nitrogens with zero attached hydrogens (tertiary/aromatic N) is 2. The Morgan fingerprint density at radius 1 is 1.46 bits per heavy atom. The molecule has 1 fully saturated rings. The van der Waals surface area contributed by atoms with Crippen molar-refractivity contribution >= 4 is 29.9 Å². The van der Waals surface area contributed by atoms with Crippen LogP contribution in [0.2, 0.25) is 5.02 Å². The summed E-state index contributed by atoms with van der Waals surface area (Å²) in [6.07, 6.45) is 4.11. The molecule has 0 spiro atoms. The van der Waals surface area contributed by atoms with Crippen LogP contribution in [0, 0.1) is 0 Å². The molecular formula is C17H22Cl2N4O. The number of nitrogens with one attached hydrogen (secondary N) is 2. The van der Waals surface area contributed by atoms with Crippen LogP contribution in [0.1, 0.15) is 47.9 Å². The van der Waals surface area contributed by atoms with Gasteiger partial charge in [0, 0.05) is 17.8 Å². The summed E-state index contributed by atoms with van der Waals surface area (Å²) in [5, 5.41) is 11.4. The van der Waals surface area contributed by atoms with Crippen molar-refractivity contribution in [2.45, 2.75) is 31.8 Å². The Balaban J connectivity index is 0.00000208. The van der Waals surface area contributed by atoms with E-state index in [0.29, 0.717) is 16.8 Å². The number of amides is 1. The second kappa shape index (κ2) is 8.51. The van der Waals surface area contributed by atoms with Crippen molar-refractivity contribution in [3.05, 3.63) is 52.8 Å². The first kappa shape index (κ1) is 18.8. The number of hydrogen-bond donors (Lipinski definition) is 2. The van der Waals surface area contributed by atoms with Crippen molar-refractivity contribution in [3.8, 4) is 0 Å². The number of halogens is 2. The van der Waals surface area contributed by atoms with Crippen molar-refractivity contribution in [1.29, 1.82) is 0 Å². The minimum absolute atomic E-state index is 0. The lowest BCUT2D eigenvalue weighted by molar-refractivity contribution is 0.0933. The number of benzene rings is 1. The number of carbonyl (C=O) groups excluding carboxylic acids is 1. The van der Waals surface area contributed by atoms with Gasteiger partial charge in [0.25, 0.3) is 5.91 Å². The standard InChI is InChI=1S/C17H21ClN4O.ClH/c1-12(13-4-2-5-14(18)10-13)20-17(23)16-7-9-22(21-16)15-6-3-8-19-11-15;/h2,4-5,7,9-10,12,15,19H,3,6,8,11H2,1H3,(H,20,23);1H. The molecular weight excluding hydrogens is 347 g/mol. The maximum absolute atomic E-state index is 12.4. The smallest absolute Gasteiger partial charge is 0.272 e. The first-order valence-corrected chi connectivity index (χ1v) is 8.33. The summed E-state index contributed by atoms with van der Waals surface area (Å²) in [4.78, 5) is 12.4. The summed E-state index contributed by atoms with van der Waals surface area (Å²) < 4.78 is 1.89. The Morgan fingerprint density at radius 2 is 2.29 bits per heavy atom. The number of piperidine rings is 1. The molecule has 2 N–H and O–H groups in total. The largest absolute Gasteiger partial charge is 0.344 e. The van der Waals surface area contributed by atoms with Crippen LogP contribution in [-0.2, 0) is 0 Å². The van der Waals surface area contributed by atoms with Gasteiger partial charge in [0.2, 0.25) is 0 Å². The Bertz CT molecular complexity index is 683. The summed E-state index contributed by atoms with van der Waals surface area (Å²) in [5.74, 6) is -0.167. The lowest BCUT2D eigenvalue weighted by Crippen LogP contribution is -2.32. The minimum Gasteiger partial charge on any atom is -0.344 e. The molecule has 3 rings (SSSR count). The van der Waals surface area contributed by atoms with Crippen molar-refractivity contribution in [1.82, 2.24) is 20.4 Å². The molecule has 0 bridgehead atoms. The zero-order chi connectivity index (χ0) is 16.2. The van der Waals surface area contributed by atoms with Crippen LogP contribution in [0.4, 0.5) is 0 Å². The number of rotatable bonds is 4. The molecule has 24 heavy (non-hydrogen) atoms. The molecule has 1 aromatic carbocycles. The number of hydrogen-bond acceptors (Lipinski definition) is 3. The minimum atomic E-state index is -0.167. The van der Waals surface area contributed by atoms with E-state index >= 15 is 0 Å². The summed E-state index contributed by atoms with van der Waals surface area (Å²) in [5.41, 5.74) is 1.42. The summed E-state index contributed by atoms with van der Waals surface area (Å²) in [7, 11) is 0. The van der Waals surface area contributed by atoms with Crippen LogP contribution >= 0.6 is 24.0 Å². The fraction of sp³-hybridized carbons (Fsp3) is 0.412. The van der Waals surface area contributed by atoms with Crippen LogP contribution in [0.3, 0.4) is 0 Å². The predicted molar refractivity (Wildman–Crippen MR) is 97.9 cm³/mol. The molecule has 0 radical (unpaired) electrons. The average molecular weight is 369 g/mol. The van der Waals surface area contributed by atoms with Gasteiger partial charge in [-0.05, 0) is 50.1 Å². The average Bonchev–Trinajstić information content (AvgIpc) is 3.06. The van der Waals surface area contributed by atoms with Gasteiger partial charge in [-0.1, -0.05) is 23.7 Å². The predicted octanol–water partition coefficient (Wildman–Crippen LogP) is 3.37. The second-order valence-electron chi connectivity index (χ2n) is 5.93. The molecule has 2 aromatic rings. The normalized spacial score (nSPS) is 18.5. The van der Waals surface area contributed by atoms with Gasteiger partial charge in [0.1, 0.15) is 5.69 Å². The van der Waals surface area contributed by atoms with Gasteiger partial charge >= 0.3 is 0 Å². The van der Waals surface area contributed by atoms with Crippen molar-refractivity contribution in [2.75, 3.05) is 13.1 Å². The van der Waals surface area contributed by atoms with Crippen LogP contribution in [0.5, 0.6) is 0 Å². The first-order chi connectivity index (χ1) is 11.1. The molecule has 0 aliphatic carbocycles. The van der Waals surface area contributed by atoms with E-state index < -0.39 is 0 Å². The number of aromatic nitrogens is 2. The monoisotopic (exact) mass is 368 g/mol. The molecule has 2 unspecified atom stereocenters. The fourth-order valence-electron chi connectivity index (χ4n) is 2.85. The SMILES string of the molecule is CC(NC(=O)c1ccn(C2CCCNC2)n1)c1cccc(Cl)c1.Cl. The van der Waals surface area contributed by atoms with E-state index in [9.17, 15) is 4.79 Å². The van der Waals surface area contributed by atoms with Gasteiger partial charge < -0.3 is 10.6 Å². The highest BCUT2D eigenvalue weighted by molar-refractivity contribution is 6.30. The molecule has 5 nitrogen and oxygen atoms in total. The molecule has 7 heteroatoms. The molecule has 2 heterocycles.